The second-order valence-corrected chi connectivity index (χ2v) is 7.17. The van der Waals surface area contributed by atoms with E-state index in [0.29, 0.717) is 18.7 Å². The van der Waals surface area contributed by atoms with E-state index in [0.717, 1.165) is 24.2 Å². The van der Waals surface area contributed by atoms with Gasteiger partial charge in [-0.3, -0.25) is 14.5 Å². The molecule has 7 nitrogen and oxygen atoms in total. The molecule has 3 heterocycles. The van der Waals surface area contributed by atoms with Gasteiger partial charge in [-0.1, -0.05) is 12.1 Å². The van der Waals surface area contributed by atoms with Gasteiger partial charge in [0.05, 0.1) is 23.7 Å². The van der Waals surface area contributed by atoms with Gasteiger partial charge in [-0.25, -0.2) is 9.37 Å². The van der Waals surface area contributed by atoms with Crippen molar-refractivity contribution in [3.63, 3.8) is 0 Å². The van der Waals surface area contributed by atoms with Crippen LogP contribution in [-0.4, -0.2) is 43.6 Å². The molecule has 1 aliphatic heterocycles. The number of hydrogen-bond donors (Lipinski definition) is 0. The van der Waals surface area contributed by atoms with Crippen molar-refractivity contribution in [1.82, 2.24) is 24.6 Å². The van der Waals surface area contributed by atoms with Crippen LogP contribution in [0.2, 0.25) is 0 Å². The molecular weight excluding hydrogens is 373 g/mol. The highest BCUT2D eigenvalue weighted by Gasteiger charge is 2.28. The summed E-state index contributed by atoms with van der Waals surface area (Å²) < 4.78 is 21.1. The average Bonchev–Trinajstić information content (AvgIpc) is 3.08. The summed E-state index contributed by atoms with van der Waals surface area (Å²) in [6, 6.07) is 6.17. The normalized spacial score (nSPS) is 16.7. The van der Waals surface area contributed by atoms with Crippen molar-refractivity contribution in [3.05, 3.63) is 65.6 Å². The van der Waals surface area contributed by atoms with Gasteiger partial charge in [0.25, 0.3) is 5.91 Å². The number of aromatic nitrogens is 4. The predicted octanol–water partition coefficient (Wildman–Crippen LogP) is 3.47. The summed E-state index contributed by atoms with van der Waals surface area (Å²) in [6.07, 6.45) is 6.52. The van der Waals surface area contributed by atoms with Crippen LogP contribution in [0.25, 0.3) is 0 Å². The van der Waals surface area contributed by atoms with E-state index in [1.54, 1.807) is 35.3 Å². The molecule has 1 fully saturated rings. The fraction of sp³-hybridized carbons (Fsp3) is 0.333. The highest BCUT2D eigenvalue weighted by molar-refractivity contribution is 5.95. The van der Waals surface area contributed by atoms with Crippen molar-refractivity contribution in [3.8, 4) is 11.6 Å². The van der Waals surface area contributed by atoms with Crippen LogP contribution in [0.3, 0.4) is 0 Å². The van der Waals surface area contributed by atoms with E-state index in [-0.39, 0.29) is 23.5 Å². The van der Waals surface area contributed by atoms with Crippen LogP contribution in [0.15, 0.2) is 42.9 Å². The fourth-order valence-electron chi connectivity index (χ4n) is 3.53. The molecule has 1 amide bonds. The molecule has 4 rings (SSSR count). The Labute approximate surface area is 168 Å². The van der Waals surface area contributed by atoms with Gasteiger partial charge in [-0.15, -0.1) is 0 Å². The topological polar surface area (TPSA) is 73.1 Å². The van der Waals surface area contributed by atoms with Crippen molar-refractivity contribution >= 4 is 5.91 Å². The Bertz CT molecular complexity index is 1040. The Hall–Kier alpha value is -3.29. The van der Waals surface area contributed by atoms with E-state index in [9.17, 15) is 9.18 Å². The summed E-state index contributed by atoms with van der Waals surface area (Å²) in [4.78, 5) is 23.5. The van der Waals surface area contributed by atoms with E-state index in [4.69, 9.17) is 4.74 Å². The maximum Gasteiger partial charge on any atom is 0.257 e. The quantitative estimate of drug-likeness (QED) is 0.676. The first-order valence-corrected chi connectivity index (χ1v) is 9.55. The number of halogens is 1. The summed E-state index contributed by atoms with van der Waals surface area (Å²) in [5, 5.41) is 4.17. The molecule has 3 aromatic rings. The zero-order chi connectivity index (χ0) is 20.4. The fourth-order valence-corrected chi connectivity index (χ4v) is 3.53. The lowest BCUT2D eigenvalue weighted by molar-refractivity contribution is 0.0705. The molecule has 1 aromatic carbocycles. The molecule has 0 N–H and O–H groups in total. The second kappa shape index (κ2) is 7.98. The van der Waals surface area contributed by atoms with Crippen LogP contribution >= 0.6 is 0 Å². The first-order chi connectivity index (χ1) is 14.0. The first-order valence-electron chi connectivity index (χ1n) is 9.55. The van der Waals surface area contributed by atoms with Gasteiger partial charge in [-0.05, 0) is 31.9 Å². The van der Waals surface area contributed by atoms with Crippen LogP contribution in [0.1, 0.15) is 40.5 Å². The number of carbonyl (C=O) groups is 1. The Balaban J connectivity index is 1.50. The third-order valence-corrected chi connectivity index (χ3v) is 5.27. The zero-order valence-corrected chi connectivity index (χ0v) is 16.4. The minimum absolute atomic E-state index is 0.0213. The van der Waals surface area contributed by atoms with Gasteiger partial charge in [-0.2, -0.15) is 5.10 Å². The van der Waals surface area contributed by atoms with Crippen LogP contribution in [-0.2, 0) is 7.05 Å². The molecule has 0 saturated carbocycles. The number of nitrogens with zero attached hydrogens (tertiary/aromatic N) is 5. The van der Waals surface area contributed by atoms with Crippen LogP contribution in [0.4, 0.5) is 4.39 Å². The SMILES string of the molecule is Cc1c(C(=O)N2CCCC(c3cncc(Oc4ccccc4F)n3)C2)cnn1C. The Morgan fingerprint density at radius 1 is 1.24 bits per heavy atom. The summed E-state index contributed by atoms with van der Waals surface area (Å²) in [5.74, 6) is -0.0973. The Morgan fingerprint density at radius 2 is 2.07 bits per heavy atom. The number of para-hydroxylation sites is 1. The van der Waals surface area contributed by atoms with E-state index < -0.39 is 5.82 Å². The van der Waals surface area contributed by atoms with Gasteiger partial charge in [0.1, 0.15) is 0 Å². The molecule has 1 atom stereocenters. The lowest BCUT2D eigenvalue weighted by Gasteiger charge is -2.32. The maximum absolute atomic E-state index is 13.8. The second-order valence-electron chi connectivity index (χ2n) is 7.17. The monoisotopic (exact) mass is 395 g/mol. The van der Waals surface area contributed by atoms with Crippen molar-refractivity contribution in [2.24, 2.45) is 7.05 Å². The van der Waals surface area contributed by atoms with Crippen molar-refractivity contribution < 1.29 is 13.9 Å². The van der Waals surface area contributed by atoms with Crippen LogP contribution < -0.4 is 4.74 Å². The molecule has 0 aliphatic carbocycles. The molecule has 0 bridgehead atoms. The van der Waals surface area contributed by atoms with Crippen molar-refractivity contribution in [2.75, 3.05) is 13.1 Å². The van der Waals surface area contributed by atoms with E-state index in [2.05, 4.69) is 15.1 Å². The molecule has 0 spiro atoms. The lowest BCUT2D eigenvalue weighted by atomic mass is 9.94. The number of benzene rings is 1. The number of carbonyl (C=O) groups excluding carboxylic acids is 1. The highest BCUT2D eigenvalue weighted by Crippen LogP contribution is 2.29. The van der Waals surface area contributed by atoms with Gasteiger partial charge >= 0.3 is 0 Å². The lowest BCUT2D eigenvalue weighted by Crippen LogP contribution is -2.39. The summed E-state index contributed by atoms with van der Waals surface area (Å²) in [7, 11) is 1.82. The van der Waals surface area contributed by atoms with Gasteiger partial charge < -0.3 is 9.64 Å². The predicted molar refractivity (Wildman–Crippen MR) is 104 cm³/mol. The van der Waals surface area contributed by atoms with E-state index in [1.807, 2.05) is 18.9 Å². The number of rotatable bonds is 4. The molecule has 2 aromatic heterocycles. The highest BCUT2D eigenvalue weighted by atomic mass is 19.1. The zero-order valence-electron chi connectivity index (χ0n) is 16.4. The molecule has 1 saturated heterocycles. The maximum atomic E-state index is 13.8. The number of amides is 1. The smallest absolute Gasteiger partial charge is 0.257 e. The molecular formula is C21H22FN5O2. The summed E-state index contributed by atoms with van der Waals surface area (Å²) in [6.45, 7) is 3.13. The van der Waals surface area contributed by atoms with Crippen molar-refractivity contribution in [1.29, 1.82) is 0 Å². The van der Waals surface area contributed by atoms with E-state index >= 15 is 0 Å². The first kappa shape index (κ1) is 19.0. The van der Waals surface area contributed by atoms with Crippen LogP contribution in [0, 0.1) is 12.7 Å². The number of likely N-dealkylation sites (tertiary alicyclic amines) is 1. The van der Waals surface area contributed by atoms with Gasteiger partial charge in [0.15, 0.2) is 11.6 Å². The molecule has 1 aliphatic rings. The van der Waals surface area contributed by atoms with Gasteiger partial charge in [0.2, 0.25) is 5.88 Å². The van der Waals surface area contributed by atoms with Gasteiger partial charge in [0, 0.05) is 37.9 Å². The molecule has 29 heavy (non-hydrogen) atoms. The number of aryl methyl sites for hydroxylation is 1. The molecule has 1 unspecified atom stereocenters. The Kier molecular flexibility index (Phi) is 5.24. The largest absolute Gasteiger partial charge is 0.434 e. The number of ether oxygens (including phenoxy) is 1. The minimum Gasteiger partial charge on any atom is -0.434 e. The molecule has 150 valence electrons. The molecule has 0 radical (unpaired) electrons. The molecule has 8 heteroatoms. The summed E-state index contributed by atoms with van der Waals surface area (Å²) in [5.41, 5.74) is 2.20. The van der Waals surface area contributed by atoms with Crippen molar-refractivity contribution in [2.45, 2.75) is 25.7 Å². The van der Waals surface area contributed by atoms with Crippen LogP contribution in [0.5, 0.6) is 11.6 Å². The minimum atomic E-state index is -0.457. The average molecular weight is 395 g/mol. The standard InChI is InChI=1S/C21H22FN5O2/c1-14-16(10-24-26(14)2)21(28)27-9-5-6-15(13-27)18-11-23-12-20(25-18)29-19-8-4-3-7-17(19)22/h3-4,7-8,10-12,15H,5-6,9,13H2,1-2H3. The number of hydrogen-bond acceptors (Lipinski definition) is 5. The Morgan fingerprint density at radius 3 is 2.83 bits per heavy atom. The third kappa shape index (κ3) is 3.96. The van der Waals surface area contributed by atoms with E-state index in [1.165, 1.54) is 12.3 Å². The number of piperidine rings is 1. The third-order valence-electron chi connectivity index (χ3n) is 5.27. The summed E-state index contributed by atoms with van der Waals surface area (Å²) >= 11 is 0.